The van der Waals surface area contributed by atoms with Gasteiger partial charge in [0.15, 0.2) is 11.5 Å². The summed E-state index contributed by atoms with van der Waals surface area (Å²) in [5.41, 5.74) is 9.79. The average molecular weight is 404 g/mol. The Labute approximate surface area is 170 Å². The number of aromatic hydroxyl groups is 1. The number of pyridine rings is 1. The van der Waals surface area contributed by atoms with Crippen molar-refractivity contribution in [1.29, 1.82) is 0 Å². The van der Waals surface area contributed by atoms with Gasteiger partial charge in [0.05, 0.1) is 34.2 Å². The zero-order chi connectivity index (χ0) is 21.3. The molecule has 0 radical (unpaired) electrons. The first-order valence-electron chi connectivity index (χ1n) is 9.23. The van der Waals surface area contributed by atoms with Gasteiger partial charge in [0.1, 0.15) is 17.4 Å². The van der Waals surface area contributed by atoms with Crippen LogP contribution >= 0.6 is 0 Å². The van der Waals surface area contributed by atoms with Gasteiger partial charge >= 0.3 is 0 Å². The summed E-state index contributed by atoms with van der Waals surface area (Å²) >= 11 is 0. The highest BCUT2D eigenvalue weighted by Crippen LogP contribution is 2.43. The summed E-state index contributed by atoms with van der Waals surface area (Å²) in [6.07, 6.45) is 2.48. The van der Waals surface area contributed by atoms with Gasteiger partial charge in [-0.3, -0.25) is 14.3 Å². The first-order chi connectivity index (χ1) is 14.3. The van der Waals surface area contributed by atoms with E-state index in [1.54, 1.807) is 30.5 Å². The Hall–Kier alpha value is -4.01. The number of phenols is 1. The molecule has 9 heteroatoms. The zero-order valence-corrected chi connectivity index (χ0v) is 16.4. The van der Waals surface area contributed by atoms with Crippen LogP contribution in [0.5, 0.6) is 5.75 Å². The molecule has 0 atom stereocenters. The van der Waals surface area contributed by atoms with Crippen molar-refractivity contribution in [2.45, 2.75) is 20.8 Å². The number of nitrogens with one attached hydrogen (secondary N) is 1. The molecule has 30 heavy (non-hydrogen) atoms. The van der Waals surface area contributed by atoms with Crippen molar-refractivity contribution in [2.75, 3.05) is 11.1 Å². The lowest BCUT2D eigenvalue weighted by atomic mass is 10.1. The summed E-state index contributed by atoms with van der Waals surface area (Å²) in [5.74, 6) is -0.590. The van der Waals surface area contributed by atoms with Crippen molar-refractivity contribution < 1.29 is 14.3 Å². The number of hydrogen-bond acceptors (Lipinski definition) is 6. The predicted octanol–water partition coefficient (Wildman–Crippen LogP) is 3.40. The van der Waals surface area contributed by atoms with Crippen LogP contribution in [0.15, 0.2) is 24.5 Å². The molecule has 5 rings (SSSR count). The molecule has 4 aromatic rings. The number of amides is 1. The summed E-state index contributed by atoms with van der Waals surface area (Å²) in [6, 6.07) is 3.36. The third-order valence-corrected chi connectivity index (χ3v) is 5.41. The molecule has 0 saturated carbocycles. The van der Waals surface area contributed by atoms with E-state index in [0.717, 1.165) is 11.8 Å². The van der Waals surface area contributed by atoms with Gasteiger partial charge in [-0.05, 0) is 32.4 Å². The molecule has 0 bridgehead atoms. The Kier molecular flexibility index (Phi) is 3.60. The van der Waals surface area contributed by atoms with Crippen molar-refractivity contribution in [3.8, 4) is 22.7 Å². The van der Waals surface area contributed by atoms with Crippen LogP contribution in [-0.2, 0) is 0 Å². The van der Waals surface area contributed by atoms with E-state index in [0.29, 0.717) is 39.4 Å². The van der Waals surface area contributed by atoms with Gasteiger partial charge in [0.25, 0.3) is 5.91 Å². The van der Waals surface area contributed by atoms with Crippen molar-refractivity contribution in [3.63, 3.8) is 0 Å². The van der Waals surface area contributed by atoms with E-state index in [-0.39, 0.29) is 22.8 Å². The third kappa shape index (κ3) is 2.25. The number of carbonyl (C=O) groups is 1. The van der Waals surface area contributed by atoms with Gasteiger partial charge in [-0.15, -0.1) is 0 Å². The van der Waals surface area contributed by atoms with Crippen molar-refractivity contribution in [2.24, 2.45) is 0 Å². The summed E-state index contributed by atoms with van der Waals surface area (Å²) in [7, 11) is 0. The van der Waals surface area contributed by atoms with Crippen LogP contribution in [0.4, 0.5) is 15.9 Å². The molecule has 8 nitrogen and oxygen atoms in total. The van der Waals surface area contributed by atoms with E-state index in [1.165, 1.54) is 6.20 Å². The number of anilines is 2. The fraction of sp³-hybridized carbons (Fsp3) is 0.143. The average Bonchev–Trinajstić information content (AvgIpc) is 2.90. The third-order valence-electron chi connectivity index (χ3n) is 5.41. The summed E-state index contributed by atoms with van der Waals surface area (Å²) in [6.45, 7) is 5.35. The van der Waals surface area contributed by atoms with E-state index < -0.39 is 11.7 Å². The molecule has 1 aliphatic heterocycles. The Morgan fingerprint density at radius 2 is 1.93 bits per heavy atom. The molecule has 150 valence electrons. The quantitative estimate of drug-likeness (QED) is 0.447. The highest BCUT2D eigenvalue weighted by atomic mass is 19.1. The van der Waals surface area contributed by atoms with Crippen LogP contribution in [0, 0.1) is 26.6 Å². The molecular weight excluding hydrogens is 387 g/mol. The second-order valence-corrected chi connectivity index (χ2v) is 7.29. The largest absolute Gasteiger partial charge is 0.508 e. The smallest absolute Gasteiger partial charge is 0.260 e. The number of benzene rings is 1. The number of nitrogens with two attached hydrogens (primary N) is 1. The summed E-state index contributed by atoms with van der Waals surface area (Å²) in [5, 5.41) is 13.3. The molecule has 4 heterocycles. The molecule has 0 unspecified atom stereocenters. The van der Waals surface area contributed by atoms with Gasteiger partial charge in [-0.1, -0.05) is 6.07 Å². The van der Waals surface area contributed by atoms with Crippen LogP contribution in [0.3, 0.4) is 0 Å². The minimum absolute atomic E-state index is 0.00117. The van der Waals surface area contributed by atoms with E-state index in [1.807, 2.05) is 6.92 Å². The number of rotatable bonds is 1. The Morgan fingerprint density at radius 3 is 2.70 bits per heavy atom. The maximum Gasteiger partial charge on any atom is 0.260 e. The maximum atomic E-state index is 14.4. The van der Waals surface area contributed by atoms with Crippen molar-refractivity contribution >= 4 is 28.4 Å². The van der Waals surface area contributed by atoms with Crippen LogP contribution in [0.1, 0.15) is 27.3 Å². The van der Waals surface area contributed by atoms with Crippen LogP contribution in [0.25, 0.3) is 28.0 Å². The first-order valence-corrected chi connectivity index (χ1v) is 9.23. The van der Waals surface area contributed by atoms with Gasteiger partial charge in [0.2, 0.25) is 0 Å². The van der Waals surface area contributed by atoms with Crippen LogP contribution in [0.2, 0.25) is 0 Å². The van der Waals surface area contributed by atoms with Gasteiger partial charge < -0.3 is 16.2 Å². The monoisotopic (exact) mass is 404 g/mol. The van der Waals surface area contributed by atoms with Crippen molar-refractivity contribution in [3.05, 3.63) is 52.9 Å². The highest BCUT2D eigenvalue weighted by Gasteiger charge is 2.32. The van der Waals surface area contributed by atoms with Gasteiger partial charge in [-0.25, -0.2) is 14.4 Å². The molecule has 0 saturated heterocycles. The predicted molar refractivity (Wildman–Crippen MR) is 110 cm³/mol. The second-order valence-electron chi connectivity index (χ2n) is 7.29. The summed E-state index contributed by atoms with van der Waals surface area (Å²) in [4.78, 5) is 26.1. The minimum atomic E-state index is -0.665. The number of aromatic nitrogens is 4. The maximum absolute atomic E-state index is 14.4. The fourth-order valence-corrected chi connectivity index (χ4v) is 4.04. The number of carbonyl (C=O) groups excluding carboxylic acids is 1. The van der Waals surface area contributed by atoms with E-state index in [2.05, 4.69) is 20.3 Å². The topological polar surface area (TPSA) is 119 Å². The molecule has 0 aliphatic carbocycles. The molecule has 4 N–H and O–H groups in total. The standard InChI is InChI=1S/C21H17FN6O2/c1-8-4-5-13(29)9(2)18(8)28-19(23)15-14-17(25-10(3)26-20(14)28)11-6-24-7-12(22)16(11)27-21(15)30/h4-7,29H,23H2,1-3H3,(H,27,30). The molecule has 1 aromatic carbocycles. The number of nitrogen functional groups attached to an aromatic ring is 1. The Balaban J connectivity index is 2.00. The molecule has 1 amide bonds. The molecule has 0 fully saturated rings. The van der Waals surface area contributed by atoms with E-state index >= 15 is 0 Å². The van der Waals surface area contributed by atoms with E-state index in [9.17, 15) is 14.3 Å². The van der Waals surface area contributed by atoms with Crippen LogP contribution in [-0.4, -0.2) is 30.5 Å². The Bertz CT molecular complexity index is 1410. The number of phenolic OH excluding ortho intramolecular Hbond substituents is 1. The molecule has 1 aliphatic rings. The SMILES string of the molecule is Cc1nc2c3c(c(N)n(-c4c(C)ccc(O)c4C)c3n1)C(=O)Nc1c(F)cncc1-2. The minimum Gasteiger partial charge on any atom is -0.508 e. The normalized spacial score (nSPS) is 12.6. The number of aryl methyl sites for hydroxylation is 2. The summed E-state index contributed by atoms with van der Waals surface area (Å²) < 4.78 is 16.1. The number of halogens is 1. The van der Waals surface area contributed by atoms with Gasteiger partial charge in [0, 0.05) is 17.3 Å². The number of hydrogen-bond donors (Lipinski definition) is 3. The fourth-order valence-electron chi connectivity index (χ4n) is 4.04. The molecule has 0 spiro atoms. The van der Waals surface area contributed by atoms with Crippen LogP contribution < -0.4 is 11.1 Å². The highest BCUT2D eigenvalue weighted by molar-refractivity contribution is 6.22. The first kappa shape index (κ1) is 18.0. The lowest BCUT2D eigenvalue weighted by Crippen LogP contribution is -2.15. The number of nitrogens with zero attached hydrogens (tertiary/aromatic N) is 4. The van der Waals surface area contributed by atoms with Crippen molar-refractivity contribution in [1.82, 2.24) is 19.5 Å². The van der Waals surface area contributed by atoms with E-state index in [4.69, 9.17) is 5.73 Å². The second kappa shape index (κ2) is 5.99. The molecular formula is C21H17FN6O2. The number of fused-ring (bicyclic) bond motifs is 2. The Morgan fingerprint density at radius 1 is 1.17 bits per heavy atom. The molecule has 3 aromatic heterocycles. The zero-order valence-electron chi connectivity index (χ0n) is 16.4. The lowest BCUT2D eigenvalue weighted by Gasteiger charge is -2.16. The van der Waals surface area contributed by atoms with Gasteiger partial charge in [-0.2, -0.15) is 0 Å². The lowest BCUT2D eigenvalue weighted by molar-refractivity contribution is 0.102.